The van der Waals surface area contributed by atoms with Crippen LogP contribution >= 0.6 is 0 Å². The predicted molar refractivity (Wildman–Crippen MR) is 520 cm³/mol. The van der Waals surface area contributed by atoms with Gasteiger partial charge in [0, 0.05) is 71.6 Å². The molecule has 0 spiro atoms. The van der Waals surface area contributed by atoms with Crippen molar-refractivity contribution < 1.29 is 42.9 Å². The molecular formula is C109H211N3O9. The Hall–Kier alpha value is -2.28. The Morgan fingerprint density at radius 2 is 0.537 bits per heavy atom. The first-order valence-corrected chi connectivity index (χ1v) is 54.7. The highest BCUT2D eigenvalue weighted by Gasteiger charge is 2.28. The van der Waals surface area contributed by atoms with Crippen molar-refractivity contribution in [2.24, 2.45) is 47.3 Å². The molecule has 0 N–H and O–H groups in total. The Bertz CT molecular complexity index is 2180. The lowest BCUT2D eigenvalue weighted by Crippen LogP contribution is -2.44. The number of rotatable bonds is 94. The average molecular weight is 1710 g/mol. The standard InChI is InChI=1S/C109H211N3O9/c1-10-17-44-63-100(64-45-18-11-2)80-93-118-106(113)75-54-40-32-24-28-36-50-68-99(79-87-112-90-88-110(9)89-91-112)69-51-37-29-25-33-41-55-77-108(115)120-95-82-102(67-48-21-14-5)72-60-62-98(8)105(74-23-16-7)104(73-49-22-15-6)83-96-121-109(116)78-57-43-35-27-31-39-53-71-103(97-117-92-61-86-111-84-58-59-85-111)70-52-38-30-26-34-42-56-76-107(114)119-94-81-101(65-46-19-12-3)66-47-20-13-4/h98-105H,10-97H2,1-9H3. The fourth-order valence-corrected chi connectivity index (χ4v) is 20.1. The van der Waals surface area contributed by atoms with Crippen LogP contribution in [0.3, 0.4) is 0 Å². The highest BCUT2D eigenvalue weighted by molar-refractivity contribution is 5.70. The molecule has 2 saturated heterocycles. The first-order chi connectivity index (χ1) is 59.4. The third kappa shape index (κ3) is 72.2. The summed E-state index contributed by atoms with van der Waals surface area (Å²) in [6.07, 6.45) is 89.3. The van der Waals surface area contributed by atoms with Crippen molar-refractivity contribution in [2.75, 3.05) is 99.0 Å². The molecule has 12 nitrogen and oxygen atoms in total. The van der Waals surface area contributed by atoms with Gasteiger partial charge in [-0.25, -0.2) is 0 Å². The van der Waals surface area contributed by atoms with Gasteiger partial charge in [-0.05, 0) is 170 Å². The molecule has 0 radical (unpaired) electrons. The summed E-state index contributed by atoms with van der Waals surface area (Å²) >= 11 is 0. The first-order valence-electron chi connectivity index (χ1n) is 54.7. The van der Waals surface area contributed by atoms with Gasteiger partial charge < -0.3 is 38.4 Å². The lowest BCUT2D eigenvalue weighted by Gasteiger charge is -2.33. The van der Waals surface area contributed by atoms with Gasteiger partial charge in [0.15, 0.2) is 0 Å². The molecule has 6 unspecified atom stereocenters. The number of piperazine rings is 1. The largest absolute Gasteiger partial charge is 0.466 e. The number of hydrogen-bond donors (Lipinski definition) is 0. The monoisotopic (exact) mass is 1710 g/mol. The maximum Gasteiger partial charge on any atom is 0.305 e. The smallest absolute Gasteiger partial charge is 0.305 e. The summed E-state index contributed by atoms with van der Waals surface area (Å²) in [6.45, 7) is 32.6. The normalized spacial score (nSPS) is 15.2. The van der Waals surface area contributed by atoms with Crippen molar-refractivity contribution in [3.8, 4) is 0 Å². The highest BCUT2D eigenvalue weighted by atomic mass is 16.5. The molecule has 0 saturated carbocycles. The van der Waals surface area contributed by atoms with Crippen LogP contribution in [0, 0.1) is 47.3 Å². The van der Waals surface area contributed by atoms with E-state index in [0.29, 0.717) is 93.5 Å². The Balaban J connectivity index is 1.68. The molecule has 0 bridgehead atoms. The van der Waals surface area contributed by atoms with Gasteiger partial charge >= 0.3 is 23.9 Å². The van der Waals surface area contributed by atoms with E-state index in [2.05, 4.69) is 77.1 Å². The Labute approximate surface area is 754 Å². The van der Waals surface area contributed by atoms with Crippen LogP contribution < -0.4 is 0 Å². The average Bonchev–Trinajstić information content (AvgIpc) is 1.71. The Kier molecular flexibility index (Phi) is 82.6. The third-order valence-electron chi connectivity index (χ3n) is 28.6. The summed E-state index contributed by atoms with van der Waals surface area (Å²) in [5, 5.41) is 0. The number of nitrogens with zero attached hydrogens (tertiary/aromatic N) is 3. The van der Waals surface area contributed by atoms with Gasteiger partial charge in [0.1, 0.15) is 0 Å². The van der Waals surface area contributed by atoms with Crippen molar-refractivity contribution in [3.05, 3.63) is 0 Å². The van der Waals surface area contributed by atoms with Crippen LogP contribution in [0.2, 0.25) is 0 Å². The maximum atomic E-state index is 13.2. The van der Waals surface area contributed by atoms with Crippen LogP contribution in [0.15, 0.2) is 0 Å². The van der Waals surface area contributed by atoms with E-state index in [1.807, 2.05) is 0 Å². The number of esters is 4. The summed E-state index contributed by atoms with van der Waals surface area (Å²) < 4.78 is 29.9. The van der Waals surface area contributed by atoms with Gasteiger partial charge in [-0.3, -0.25) is 19.2 Å². The fourth-order valence-electron chi connectivity index (χ4n) is 20.1. The van der Waals surface area contributed by atoms with Gasteiger partial charge in [-0.2, -0.15) is 0 Å². The van der Waals surface area contributed by atoms with E-state index < -0.39 is 0 Å². The SMILES string of the molecule is CCCCCC(CCCCC)CCOC(=O)CCCCCCCCCC(CCCCCCCCCC(=O)OCCC(CCCCC)CCCC(C)C(CCCC)C(CCCCC)CCOC(=O)CCCCCCCCCC(CCCCCCCCCC(=O)OCCC(CCCCC)CCCCC)COCCCN1CCCC1)CCN1CCN(C)CC1. The lowest BCUT2D eigenvalue weighted by molar-refractivity contribution is -0.145. The van der Waals surface area contributed by atoms with Gasteiger partial charge in [0.2, 0.25) is 0 Å². The molecule has 0 aromatic rings. The summed E-state index contributed by atoms with van der Waals surface area (Å²) in [4.78, 5) is 59.2. The van der Waals surface area contributed by atoms with Gasteiger partial charge in [0.05, 0.1) is 26.4 Å². The van der Waals surface area contributed by atoms with Crippen molar-refractivity contribution in [1.82, 2.24) is 14.7 Å². The second-order valence-electron chi connectivity index (χ2n) is 39.8. The van der Waals surface area contributed by atoms with E-state index in [1.165, 1.54) is 418 Å². The van der Waals surface area contributed by atoms with Crippen LogP contribution in [-0.2, 0) is 42.9 Å². The number of carbonyl (C=O) groups excluding carboxylic acids is 4. The summed E-state index contributed by atoms with van der Waals surface area (Å²) in [5.74, 6) is 5.51. The Morgan fingerprint density at radius 1 is 0.248 bits per heavy atom. The van der Waals surface area contributed by atoms with E-state index in [1.54, 1.807) is 0 Å². The molecule has 2 heterocycles. The van der Waals surface area contributed by atoms with E-state index in [0.717, 1.165) is 103 Å². The molecule has 0 amide bonds. The van der Waals surface area contributed by atoms with E-state index in [4.69, 9.17) is 23.7 Å². The number of hydrogen-bond acceptors (Lipinski definition) is 12. The maximum absolute atomic E-state index is 13.2. The molecule has 6 atom stereocenters. The van der Waals surface area contributed by atoms with Crippen LogP contribution in [0.25, 0.3) is 0 Å². The predicted octanol–water partition coefficient (Wildman–Crippen LogP) is 31.7. The number of ether oxygens (including phenoxy) is 5. The molecule has 2 aliphatic heterocycles. The van der Waals surface area contributed by atoms with Crippen molar-refractivity contribution >= 4 is 23.9 Å². The zero-order valence-corrected chi connectivity index (χ0v) is 82.9. The molecule has 12 heteroatoms. The second kappa shape index (κ2) is 87.1. The van der Waals surface area contributed by atoms with E-state index >= 15 is 0 Å². The molecular weight excluding hydrogens is 1500 g/mol. The fraction of sp³-hybridized carbons (Fsp3) is 0.963. The lowest BCUT2D eigenvalue weighted by atomic mass is 9.73. The zero-order chi connectivity index (χ0) is 87.4. The molecule has 0 aromatic heterocycles. The van der Waals surface area contributed by atoms with Crippen molar-refractivity contribution in [3.63, 3.8) is 0 Å². The minimum absolute atomic E-state index is 0.00882. The van der Waals surface area contributed by atoms with Gasteiger partial charge in [0.25, 0.3) is 0 Å². The highest BCUT2D eigenvalue weighted by Crippen LogP contribution is 2.37. The molecule has 716 valence electrons. The second-order valence-corrected chi connectivity index (χ2v) is 39.8. The topological polar surface area (TPSA) is 124 Å². The summed E-state index contributed by atoms with van der Waals surface area (Å²) in [5.41, 5.74) is 0. The summed E-state index contributed by atoms with van der Waals surface area (Å²) in [7, 11) is 2.26. The number of unbranched alkanes of at least 4 members (excludes halogenated alkanes) is 37. The minimum Gasteiger partial charge on any atom is -0.466 e. The molecule has 2 rings (SSSR count). The van der Waals surface area contributed by atoms with Crippen LogP contribution in [0.1, 0.15) is 531 Å². The number of likely N-dealkylation sites (N-methyl/N-ethyl adjacent to an activating group) is 1. The van der Waals surface area contributed by atoms with Crippen LogP contribution in [-0.4, -0.2) is 138 Å². The van der Waals surface area contributed by atoms with Crippen molar-refractivity contribution in [1.29, 1.82) is 0 Å². The van der Waals surface area contributed by atoms with Gasteiger partial charge in [-0.1, -0.05) is 409 Å². The van der Waals surface area contributed by atoms with E-state index in [-0.39, 0.29) is 23.9 Å². The quantitative estimate of drug-likeness (QED) is 0.0327. The number of carbonyl (C=O) groups is 4. The van der Waals surface area contributed by atoms with Crippen LogP contribution in [0.5, 0.6) is 0 Å². The Morgan fingerprint density at radius 3 is 0.893 bits per heavy atom. The number of likely N-dealkylation sites (tertiary alicyclic amines) is 1. The molecule has 0 aromatic carbocycles. The minimum atomic E-state index is 0.00882. The van der Waals surface area contributed by atoms with Gasteiger partial charge in [-0.15, -0.1) is 0 Å². The molecule has 0 aliphatic carbocycles. The van der Waals surface area contributed by atoms with Crippen molar-refractivity contribution in [2.45, 2.75) is 531 Å². The molecule has 121 heavy (non-hydrogen) atoms. The van der Waals surface area contributed by atoms with E-state index in [9.17, 15) is 19.2 Å². The first kappa shape index (κ1) is 115. The zero-order valence-electron chi connectivity index (χ0n) is 82.9. The summed E-state index contributed by atoms with van der Waals surface area (Å²) in [6, 6.07) is 0. The molecule has 2 aliphatic rings. The molecule has 2 fully saturated rings. The van der Waals surface area contributed by atoms with Crippen LogP contribution in [0.4, 0.5) is 0 Å². The third-order valence-corrected chi connectivity index (χ3v) is 28.6.